The fraction of sp³-hybridized carbons (Fsp3) is 0.782. The van der Waals surface area contributed by atoms with E-state index in [1.165, 1.54) is 77.0 Å². The Morgan fingerprint density at radius 3 is 1.65 bits per heavy atom. The van der Waals surface area contributed by atoms with Gasteiger partial charge in [-0.05, 0) is 89.9 Å². The van der Waals surface area contributed by atoms with Crippen LogP contribution >= 0.6 is 0 Å². The number of amides is 1. The van der Waals surface area contributed by atoms with Crippen LogP contribution in [0.3, 0.4) is 0 Å². The molecule has 6 N–H and O–H groups in total. The molecule has 7 unspecified atom stereocenters. The van der Waals surface area contributed by atoms with Crippen LogP contribution in [0.5, 0.6) is 0 Å². The number of carbonyl (C=O) groups is 2. The summed E-state index contributed by atoms with van der Waals surface area (Å²) in [5.74, 6) is -0.252. The minimum Gasteiger partial charge on any atom is -0.466 e. The number of hydrogen-bond donors (Lipinski definition) is 6. The molecule has 0 aromatic rings. The average Bonchev–Trinajstić information content (AvgIpc) is 3.31. The van der Waals surface area contributed by atoms with Crippen molar-refractivity contribution in [2.45, 2.75) is 256 Å². The normalized spacial score (nSPS) is 20.1. The zero-order chi connectivity index (χ0) is 48.1. The Balaban J connectivity index is 2.16. The molecule has 0 radical (unpaired) electrons. The van der Waals surface area contributed by atoms with Gasteiger partial charge < -0.3 is 45.1 Å². The lowest BCUT2D eigenvalue weighted by molar-refractivity contribution is -0.302. The molecule has 66 heavy (non-hydrogen) atoms. The topological polar surface area (TPSA) is 175 Å². The fourth-order valence-electron chi connectivity index (χ4n) is 7.85. The lowest BCUT2D eigenvalue weighted by Gasteiger charge is -2.40. The van der Waals surface area contributed by atoms with Gasteiger partial charge >= 0.3 is 5.97 Å². The maximum atomic E-state index is 13.0. The van der Waals surface area contributed by atoms with Gasteiger partial charge in [0.1, 0.15) is 24.4 Å². The van der Waals surface area contributed by atoms with E-state index in [1.54, 1.807) is 6.08 Å². The van der Waals surface area contributed by atoms with Gasteiger partial charge in [0.15, 0.2) is 6.29 Å². The summed E-state index contributed by atoms with van der Waals surface area (Å²) in [5.41, 5.74) is 0. The van der Waals surface area contributed by atoms with Crippen LogP contribution < -0.4 is 5.32 Å². The molecule has 11 heteroatoms. The molecule has 0 spiro atoms. The van der Waals surface area contributed by atoms with Crippen LogP contribution in [-0.4, -0.2) is 100 Å². The molecule has 1 fully saturated rings. The summed E-state index contributed by atoms with van der Waals surface area (Å²) in [4.78, 5) is 25.0. The molecule has 0 aromatic heterocycles. The number of esters is 1. The highest BCUT2D eigenvalue weighted by Gasteiger charge is 2.44. The summed E-state index contributed by atoms with van der Waals surface area (Å²) >= 11 is 0. The Bertz CT molecular complexity index is 1280. The van der Waals surface area contributed by atoms with E-state index >= 15 is 0 Å². The number of nitrogens with one attached hydrogen (secondary N) is 1. The second-order valence-corrected chi connectivity index (χ2v) is 18.2. The van der Waals surface area contributed by atoms with E-state index in [0.29, 0.717) is 25.9 Å². The molecule has 0 aliphatic carbocycles. The van der Waals surface area contributed by atoms with Crippen molar-refractivity contribution in [1.29, 1.82) is 0 Å². The van der Waals surface area contributed by atoms with Gasteiger partial charge in [0.2, 0.25) is 5.91 Å². The SMILES string of the molecule is CC/C=C/CC/C=C/CC/C=C/C(O)C(COC1OC(CO)C(O)C(O)C1O)NC(=O)CCCCCCCCC/C=C\C/C=C\CCCCCOC(=O)CCCCCCCCCCCCC. The van der Waals surface area contributed by atoms with Crippen molar-refractivity contribution in [2.75, 3.05) is 19.8 Å². The Kier molecular flexibility index (Phi) is 41.7. The molecule has 11 nitrogen and oxygen atoms in total. The Morgan fingerprint density at radius 2 is 1.08 bits per heavy atom. The molecule has 0 aromatic carbocycles. The molecule has 0 saturated carbocycles. The number of unbranched alkanes of at least 4 members (excludes halogenated alkanes) is 22. The number of allylic oxidation sites excluding steroid dienone is 9. The molecule has 1 rings (SSSR count). The Morgan fingerprint density at radius 1 is 0.576 bits per heavy atom. The van der Waals surface area contributed by atoms with E-state index in [9.17, 15) is 35.1 Å². The van der Waals surface area contributed by atoms with Crippen LogP contribution in [0.1, 0.15) is 213 Å². The van der Waals surface area contributed by atoms with Crippen molar-refractivity contribution < 1.29 is 49.3 Å². The highest BCUT2D eigenvalue weighted by Crippen LogP contribution is 2.22. The zero-order valence-electron chi connectivity index (χ0n) is 41.6. The van der Waals surface area contributed by atoms with Crippen LogP contribution in [0.4, 0.5) is 0 Å². The fourth-order valence-corrected chi connectivity index (χ4v) is 7.85. The summed E-state index contributed by atoms with van der Waals surface area (Å²) in [7, 11) is 0. The first-order valence-corrected chi connectivity index (χ1v) is 26.6. The number of hydrogen-bond acceptors (Lipinski definition) is 10. The van der Waals surface area contributed by atoms with Crippen molar-refractivity contribution in [3.05, 3.63) is 60.8 Å². The lowest BCUT2D eigenvalue weighted by atomic mass is 9.99. The largest absolute Gasteiger partial charge is 0.466 e. The van der Waals surface area contributed by atoms with Crippen LogP contribution in [0, 0.1) is 0 Å². The average molecular weight is 932 g/mol. The third kappa shape index (κ3) is 34.6. The highest BCUT2D eigenvalue weighted by molar-refractivity contribution is 5.76. The van der Waals surface area contributed by atoms with Crippen LogP contribution in [0.25, 0.3) is 0 Å². The van der Waals surface area contributed by atoms with E-state index < -0.39 is 49.5 Å². The molecule has 382 valence electrons. The zero-order valence-corrected chi connectivity index (χ0v) is 41.6. The monoisotopic (exact) mass is 932 g/mol. The van der Waals surface area contributed by atoms with E-state index in [2.05, 4.69) is 67.8 Å². The molecule has 1 aliphatic rings. The molecule has 1 heterocycles. The van der Waals surface area contributed by atoms with Gasteiger partial charge in [-0.25, -0.2) is 0 Å². The number of aliphatic hydroxyl groups is 5. The maximum Gasteiger partial charge on any atom is 0.305 e. The van der Waals surface area contributed by atoms with Gasteiger partial charge in [-0.1, -0.05) is 171 Å². The van der Waals surface area contributed by atoms with E-state index in [1.807, 2.05) is 6.08 Å². The quantitative estimate of drug-likeness (QED) is 0.0196. The van der Waals surface area contributed by atoms with Gasteiger partial charge in [0.25, 0.3) is 0 Å². The highest BCUT2D eigenvalue weighted by atomic mass is 16.7. The number of ether oxygens (including phenoxy) is 3. The van der Waals surface area contributed by atoms with E-state index in [0.717, 1.165) is 103 Å². The first-order valence-electron chi connectivity index (χ1n) is 26.6. The molecular formula is C55H97NO10. The summed E-state index contributed by atoms with van der Waals surface area (Å²) in [6.07, 6.45) is 46.0. The van der Waals surface area contributed by atoms with Gasteiger partial charge in [-0.2, -0.15) is 0 Å². The summed E-state index contributed by atoms with van der Waals surface area (Å²) in [6.45, 7) is 4.11. The van der Waals surface area contributed by atoms with Crippen LogP contribution in [0.2, 0.25) is 0 Å². The first kappa shape index (κ1) is 61.4. The summed E-state index contributed by atoms with van der Waals surface area (Å²) in [6, 6.07) is -0.846. The smallest absolute Gasteiger partial charge is 0.305 e. The summed E-state index contributed by atoms with van der Waals surface area (Å²) in [5, 5.41) is 54.1. The molecule has 1 aliphatic heterocycles. The minimum atomic E-state index is -1.59. The molecule has 0 bridgehead atoms. The molecule has 1 saturated heterocycles. The molecular weight excluding hydrogens is 835 g/mol. The molecule has 7 atom stereocenters. The van der Waals surface area contributed by atoms with Gasteiger partial charge in [0.05, 0.1) is 32.0 Å². The Labute approximate surface area is 401 Å². The van der Waals surface area contributed by atoms with Crippen molar-refractivity contribution >= 4 is 11.9 Å². The number of rotatable bonds is 44. The van der Waals surface area contributed by atoms with E-state index in [-0.39, 0.29) is 18.5 Å². The second kappa shape index (κ2) is 44.8. The molecule has 1 amide bonds. The minimum absolute atomic E-state index is 0.0352. The third-order valence-electron chi connectivity index (χ3n) is 12.1. The number of aliphatic hydroxyl groups excluding tert-OH is 5. The maximum absolute atomic E-state index is 13.0. The van der Waals surface area contributed by atoms with E-state index in [4.69, 9.17) is 14.2 Å². The predicted octanol–water partition coefficient (Wildman–Crippen LogP) is 11.1. The third-order valence-corrected chi connectivity index (χ3v) is 12.1. The number of carbonyl (C=O) groups excluding carboxylic acids is 2. The standard InChI is InChI=1S/C55H97NO10/c1-3-5-7-9-11-13-22-27-31-35-39-43-51(60)64-44-40-36-32-28-24-21-19-17-15-16-18-20-23-26-30-34-38-42-50(59)56-47(46-65-55-54(63)53(62)52(61)49(45-57)66-55)48(58)41-37-33-29-25-14-12-10-8-6-4-2/h6,8,14-15,17,21,24-25,37,41,47-49,52-55,57-58,61-63H,3-5,7,9-13,16,18-20,22-23,26-36,38-40,42-46H2,1-2H3,(H,56,59)/b8-6+,17-15-,24-21-,25-14+,41-37+. The van der Waals surface area contributed by atoms with Crippen molar-refractivity contribution in [1.82, 2.24) is 5.32 Å². The second-order valence-electron chi connectivity index (χ2n) is 18.2. The van der Waals surface area contributed by atoms with Gasteiger partial charge in [-0.3, -0.25) is 9.59 Å². The Hall–Kier alpha value is -2.64. The first-order chi connectivity index (χ1) is 32.2. The van der Waals surface area contributed by atoms with Crippen molar-refractivity contribution in [3.63, 3.8) is 0 Å². The van der Waals surface area contributed by atoms with Crippen LogP contribution in [0.15, 0.2) is 60.8 Å². The lowest BCUT2D eigenvalue weighted by Crippen LogP contribution is -2.60. The van der Waals surface area contributed by atoms with Crippen molar-refractivity contribution in [2.24, 2.45) is 0 Å². The van der Waals surface area contributed by atoms with Gasteiger partial charge in [0, 0.05) is 12.8 Å². The predicted molar refractivity (Wildman–Crippen MR) is 269 cm³/mol. The summed E-state index contributed by atoms with van der Waals surface area (Å²) < 4.78 is 16.6. The van der Waals surface area contributed by atoms with Crippen molar-refractivity contribution in [3.8, 4) is 0 Å². The van der Waals surface area contributed by atoms with Gasteiger partial charge in [-0.15, -0.1) is 0 Å². The van der Waals surface area contributed by atoms with Crippen LogP contribution in [-0.2, 0) is 23.8 Å².